The summed E-state index contributed by atoms with van der Waals surface area (Å²) in [4.78, 5) is 13.7. The second-order valence-corrected chi connectivity index (χ2v) is 5.71. The molecule has 0 bridgehead atoms. The van der Waals surface area contributed by atoms with Gasteiger partial charge in [0.05, 0.1) is 6.54 Å². The van der Waals surface area contributed by atoms with Crippen molar-refractivity contribution in [3.05, 3.63) is 17.0 Å². The van der Waals surface area contributed by atoms with Crippen molar-refractivity contribution in [3.63, 3.8) is 0 Å². The van der Waals surface area contributed by atoms with E-state index in [-0.39, 0.29) is 6.09 Å². The second-order valence-electron chi connectivity index (χ2n) is 5.71. The number of hydrogen-bond donors (Lipinski definition) is 1. The van der Waals surface area contributed by atoms with Crippen LogP contribution in [0.4, 0.5) is 4.79 Å². The molecule has 0 atom stereocenters. The molecule has 0 radical (unpaired) electrons. The fourth-order valence-corrected chi connectivity index (χ4v) is 2.05. The van der Waals surface area contributed by atoms with Gasteiger partial charge in [-0.05, 0) is 27.8 Å². The van der Waals surface area contributed by atoms with Crippen LogP contribution in [0.2, 0.25) is 0 Å². The van der Waals surface area contributed by atoms with Gasteiger partial charge in [-0.15, -0.1) is 0 Å². The Morgan fingerprint density at radius 2 is 2.26 bits per heavy atom. The summed E-state index contributed by atoms with van der Waals surface area (Å²) < 4.78 is 10.7. The summed E-state index contributed by atoms with van der Waals surface area (Å²) in [5.74, 6) is 0.880. The third kappa shape index (κ3) is 3.26. The van der Waals surface area contributed by atoms with E-state index in [1.807, 2.05) is 27.8 Å². The number of ether oxygens (including phenoxy) is 1. The van der Waals surface area contributed by atoms with Crippen molar-refractivity contribution < 1.29 is 14.1 Å². The largest absolute Gasteiger partial charge is 0.444 e. The topological polar surface area (TPSA) is 67.6 Å². The lowest BCUT2D eigenvalue weighted by Crippen LogP contribution is -2.39. The molecule has 1 amide bonds. The Hall–Kier alpha value is -1.56. The number of nitrogens with one attached hydrogen (secondary N) is 1. The number of nitrogens with zero attached hydrogens (tertiary/aromatic N) is 2. The highest BCUT2D eigenvalue weighted by Crippen LogP contribution is 2.23. The average Bonchev–Trinajstić information content (AvgIpc) is 2.70. The van der Waals surface area contributed by atoms with Crippen LogP contribution < -0.4 is 5.32 Å². The standard InChI is InChI=1S/C13H21N3O3/c1-13(2,3)18-12(17)16-6-5-11-9(8-16)10(7-14-4)15-19-11/h14H,5-8H2,1-4H3. The molecule has 0 aromatic carbocycles. The van der Waals surface area contributed by atoms with E-state index < -0.39 is 5.60 Å². The van der Waals surface area contributed by atoms with Gasteiger partial charge in [-0.3, -0.25) is 0 Å². The smallest absolute Gasteiger partial charge is 0.410 e. The molecule has 6 heteroatoms. The van der Waals surface area contributed by atoms with Crippen molar-refractivity contribution in [2.75, 3.05) is 13.6 Å². The first-order chi connectivity index (χ1) is 8.90. The van der Waals surface area contributed by atoms with Crippen LogP contribution >= 0.6 is 0 Å². The third-order valence-electron chi connectivity index (χ3n) is 2.90. The average molecular weight is 267 g/mol. The van der Waals surface area contributed by atoms with Crippen LogP contribution in [0.1, 0.15) is 37.8 Å². The summed E-state index contributed by atoms with van der Waals surface area (Å²) in [7, 11) is 1.86. The number of rotatable bonds is 2. The summed E-state index contributed by atoms with van der Waals surface area (Å²) in [5.41, 5.74) is 1.40. The number of carbonyl (C=O) groups excluding carboxylic acids is 1. The summed E-state index contributed by atoms with van der Waals surface area (Å²) in [6.07, 6.45) is 0.403. The molecular formula is C13H21N3O3. The van der Waals surface area contributed by atoms with E-state index in [4.69, 9.17) is 9.26 Å². The van der Waals surface area contributed by atoms with Crippen molar-refractivity contribution >= 4 is 6.09 Å². The van der Waals surface area contributed by atoms with Gasteiger partial charge in [0.15, 0.2) is 0 Å². The highest BCUT2D eigenvalue weighted by molar-refractivity contribution is 5.68. The Morgan fingerprint density at radius 1 is 1.53 bits per heavy atom. The number of carbonyl (C=O) groups is 1. The Morgan fingerprint density at radius 3 is 2.89 bits per heavy atom. The molecule has 1 aromatic heterocycles. The minimum Gasteiger partial charge on any atom is -0.444 e. The minimum absolute atomic E-state index is 0.283. The predicted molar refractivity (Wildman–Crippen MR) is 69.6 cm³/mol. The van der Waals surface area contributed by atoms with Gasteiger partial charge in [-0.25, -0.2) is 4.79 Å². The van der Waals surface area contributed by atoms with Gasteiger partial charge in [0, 0.05) is 25.1 Å². The number of hydrogen-bond acceptors (Lipinski definition) is 5. The van der Waals surface area contributed by atoms with Crippen molar-refractivity contribution in [1.29, 1.82) is 0 Å². The predicted octanol–water partition coefficient (Wildman–Crippen LogP) is 1.69. The SMILES string of the molecule is CNCc1noc2c1CN(C(=O)OC(C)(C)C)CC2. The van der Waals surface area contributed by atoms with E-state index >= 15 is 0 Å². The van der Waals surface area contributed by atoms with Gasteiger partial charge in [-0.1, -0.05) is 5.16 Å². The van der Waals surface area contributed by atoms with Crippen molar-refractivity contribution in [3.8, 4) is 0 Å². The first-order valence-electron chi connectivity index (χ1n) is 6.49. The van der Waals surface area contributed by atoms with Crippen LogP contribution in [-0.4, -0.2) is 35.3 Å². The first kappa shape index (κ1) is 13.9. The van der Waals surface area contributed by atoms with Crippen molar-refractivity contribution in [2.45, 2.75) is 45.9 Å². The van der Waals surface area contributed by atoms with Gasteiger partial charge < -0.3 is 19.5 Å². The van der Waals surface area contributed by atoms with Crippen LogP contribution in [0, 0.1) is 0 Å². The fraction of sp³-hybridized carbons (Fsp3) is 0.692. The number of aromatic nitrogens is 1. The molecule has 0 saturated carbocycles. The summed E-state index contributed by atoms with van der Waals surface area (Å²) in [6, 6.07) is 0. The maximum Gasteiger partial charge on any atom is 0.410 e. The van der Waals surface area contributed by atoms with E-state index in [0.29, 0.717) is 26.1 Å². The fourth-order valence-electron chi connectivity index (χ4n) is 2.05. The number of fused-ring (bicyclic) bond motifs is 1. The van der Waals surface area contributed by atoms with E-state index in [1.165, 1.54) is 0 Å². The van der Waals surface area contributed by atoms with Crippen LogP contribution in [0.15, 0.2) is 4.52 Å². The monoisotopic (exact) mass is 267 g/mol. The molecular weight excluding hydrogens is 246 g/mol. The molecule has 0 unspecified atom stereocenters. The molecule has 0 fully saturated rings. The van der Waals surface area contributed by atoms with Crippen LogP contribution in [0.5, 0.6) is 0 Å². The molecule has 0 saturated heterocycles. The molecule has 0 aliphatic carbocycles. The lowest BCUT2D eigenvalue weighted by Gasteiger charge is -2.29. The van der Waals surface area contributed by atoms with E-state index in [1.54, 1.807) is 4.90 Å². The second kappa shape index (κ2) is 5.21. The first-order valence-corrected chi connectivity index (χ1v) is 6.49. The van der Waals surface area contributed by atoms with Gasteiger partial charge in [0.1, 0.15) is 17.1 Å². The highest BCUT2D eigenvalue weighted by Gasteiger charge is 2.29. The van der Waals surface area contributed by atoms with E-state index in [0.717, 1.165) is 17.0 Å². The van der Waals surface area contributed by atoms with Crippen molar-refractivity contribution in [2.24, 2.45) is 0 Å². The lowest BCUT2D eigenvalue weighted by molar-refractivity contribution is 0.0218. The Balaban J connectivity index is 2.08. The maximum absolute atomic E-state index is 12.1. The zero-order valence-electron chi connectivity index (χ0n) is 11.9. The molecule has 106 valence electrons. The molecule has 2 rings (SSSR count). The van der Waals surface area contributed by atoms with Gasteiger partial charge in [0.2, 0.25) is 0 Å². The Labute approximate surface area is 113 Å². The van der Waals surface area contributed by atoms with Gasteiger partial charge in [-0.2, -0.15) is 0 Å². The summed E-state index contributed by atoms with van der Waals surface area (Å²) in [5, 5.41) is 7.08. The normalized spacial score (nSPS) is 15.3. The van der Waals surface area contributed by atoms with Crippen molar-refractivity contribution in [1.82, 2.24) is 15.4 Å². The summed E-state index contributed by atoms with van der Waals surface area (Å²) in [6.45, 7) is 7.35. The Bertz CT molecular complexity index is 462. The third-order valence-corrected chi connectivity index (χ3v) is 2.90. The molecule has 1 aliphatic rings. The van der Waals surface area contributed by atoms with Crippen LogP contribution in [0.25, 0.3) is 0 Å². The van der Waals surface area contributed by atoms with E-state index in [9.17, 15) is 4.79 Å². The minimum atomic E-state index is -0.472. The molecule has 2 heterocycles. The van der Waals surface area contributed by atoms with E-state index in [2.05, 4.69) is 10.5 Å². The molecule has 19 heavy (non-hydrogen) atoms. The molecule has 1 N–H and O–H groups in total. The lowest BCUT2D eigenvalue weighted by atomic mass is 10.1. The van der Waals surface area contributed by atoms with Gasteiger partial charge >= 0.3 is 6.09 Å². The number of amides is 1. The zero-order valence-corrected chi connectivity index (χ0v) is 11.9. The molecule has 6 nitrogen and oxygen atoms in total. The quantitative estimate of drug-likeness (QED) is 0.883. The Kier molecular flexibility index (Phi) is 3.80. The molecule has 1 aliphatic heterocycles. The van der Waals surface area contributed by atoms with Crippen LogP contribution in [0.3, 0.4) is 0 Å². The summed E-state index contributed by atoms with van der Waals surface area (Å²) >= 11 is 0. The zero-order chi connectivity index (χ0) is 14.0. The van der Waals surface area contributed by atoms with Gasteiger partial charge in [0.25, 0.3) is 0 Å². The molecule has 1 aromatic rings. The molecule has 0 spiro atoms. The van der Waals surface area contributed by atoms with Crippen LogP contribution in [-0.2, 0) is 24.2 Å². The maximum atomic E-state index is 12.1. The highest BCUT2D eigenvalue weighted by atomic mass is 16.6.